The van der Waals surface area contributed by atoms with E-state index in [0.717, 1.165) is 11.1 Å². The first-order valence-electron chi connectivity index (χ1n) is 10.5. The van der Waals surface area contributed by atoms with Crippen LogP contribution in [-0.4, -0.2) is 67.1 Å². The Balaban J connectivity index is 1.34. The number of carbonyl (C=O) groups excluding carboxylic acids is 2. The van der Waals surface area contributed by atoms with Gasteiger partial charge in [0.25, 0.3) is 0 Å². The molecule has 2 fully saturated rings. The molecule has 2 aliphatic heterocycles. The molecule has 2 aromatic rings. The van der Waals surface area contributed by atoms with Crippen molar-refractivity contribution in [3.05, 3.63) is 65.7 Å². The van der Waals surface area contributed by atoms with Crippen LogP contribution in [0.5, 0.6) is 0 Å². The van der Waals surface area contributed by atoms with Crippen LogP contribution in [0.3, 0.4) is 0 Å². The number of benzene rings is 2. The summed E-state index contributed by atoms with van der Waals surface area (Å²) >= 11 is 0. The molecular weight excluding hydrogens is 414 g/mol. The smallest absolute Gasteiger partial charge is 0.243 e. The molecular formula is C23H27N3O4S. The van der Waals surface area contributed by atoms with Crippen LogP contribution >= 0.6 is 0 Å². The third-order valence-corrected chi connectivity index (χ3v) is 7.90. The summed E-state index contributed by atoms with van der Waals surface area (Å²) in [6.45, 7) is 4.14. The average Bonchev–Trinajstić information content (AvgIpc) is 3.15. The Kier molecular flexibility index (Phi) is 6.11. The highest BCUT2D eigenvalue weighted by atomic mass is 32.2. The molecule has 0 spiro atoms. The molecule has 2 aromatic carbocycles. The highest BCUT2D eigenvalue weighted by molar-refractivity contribution is 7.89. The first kappa shape index (κ1) is 21.5. The fourth-order valence-corrected chi connectivity index (χ4v) is 5.60. The molecule has 0 aliphatic carbocycles. The molecule has 1 atom stereocenters. The quantitative estimate of drug-likeness (QED) is 0.710. The van der Waals surface area contributed by atoms with Gasteiger partial charge < -0.3 is 9.80 Å². The molecule has 0 unspecified atom stereocenters. The van der Waals surface area contributed by atoms with Gasteiger partial charge >= 0.3 is 0 Å². The van der Waals surface area contributed by atoms with Crippen LogP contribution in [-0.2, 0) is 26.2 Å². The SMILES string of the molecule is Cc1ccc(CN2C[C@H](C(=O)N3CCN(S(=O)(=O)c4ccccc4)CC3)CC2=O)cc1. The van der Waals surface area contributed by atoms with Crippen LogP contribution in [0.25, 0.3) is 0 Å². The third-order valence-electron chi connectivity index (χ3n) is 5.99. The number of amides is 2. The monoisotopic (exact) mass is 441 g/mol. The third kappa shape index (κ3) is 4.65. The van der Waals surface area contributed by atoms with Gasteiger partial charge in [-0.25, -0.2) is 8.42 Å². The van der Waals surface area contributed by atoms with E-state index in [2.05, 4.69) is 0 Å². The summed E-state index contributed by atoms with van der Waals surface area (Å²) in [4.78, 5) is 29.2. The summed E-state index contributed by atoms with van der Waals surface area (Å²) in [5.41, 5.74) is 2.21. The minimum atomic E-state index is -3.55. The van der Waals surface area contributed by atoms with Crippen LogP contribution in [0.4, 0.5) is 0 Å². The molecule has 31 heavy (non-hydrogen) atoms. The maximum absolute atomic E-state index is 13.0. The van der Waals surface area contributed by atoms with Gasteiger partial charge in [-0.15, -0.1) is 0 Å². The van der Waals surface area contributed by atoms with E-state index in [-0.39, 0.29) is 42.1 Å². The second kappa shape index (κ2) is 8.80. The highest BCUT2D eigenvalue weighted by Crippen LogP contribution is 2.24. The number of carbonyl (C=O) groups is 2. The number of hydrogen-bond donors (Lipinski definition) is 0. The Labute approximate surface area is 183 Å². The molecule has 2 amide bonds. The van der Waals surface area contributed by atoms with E-state index < -0.39 is 10.0 Å². The number of rotatable bonds is 5. The van der Waals surface area contributed by atoms with Gasteiger partial charge in [-0.2, -0.15) is 4.31 Å². The van der Waals surface area contributed by atoms with E-state index in [1.54, 1.807) is 40.1 Å². The lowest BCUT2D eigenvalue weighted by Crippen LogP contribution is -2.52. The number of sulfonamides is 1. The van der Waals surface area contributed by atoms with Crippen molar-refractivity contribution in [2.24, 2.45) is 5.92 Å². The van der Waals surface area contributed by atoms with Gasteiger partial charge in [0.2, 0.25) is 21.8 Å². The lowest BCUT2D eigenvalue weighted by molar-refractivity contribution is -0.137. The molecule has 164 valence electrons. The van der Waals surface area contributed by atoms with Gasteiger partial charge in [0, 0.05) is 45.7 Å². The Morgan fingerprint density at radius 2 is 1.61 bits per heavy atom. The fourth-order valence-electron chi connectivity index (χ4n) is 4.15. The maximum atomic E-state index is 13.0. The van der Waals surface area contributed by atoms with Crippen molar-refractivity contribution in [2.75, 3.05) is 32.7 Å². The number of hydrogen-bond acceptors (Lipinski definition) is 4. The molecule has 7 nitrogen and oxygen atoms in total. The van der Waals surface area contributed by atoms with Gasteiger partial charge in [0.15, 0.2) is 0 Å². The van der Waals surface area contributed by atoms with E-state index in [9.17, 15) is 18.0 Å². The summed E-state index contributed by atoms with van der Waals surface area (Å²) in [5.74, 6) is -0.434. The van der Waals surface area contributed by atoms with Gasteiger partial charge in [-0.1, -0.05) is 48.0 Å². The van der Waals surface area contributed by atoms with Gasteiger partial charge in [-0.05, 0) is 24.6 Å². The molecule has 0 N–H and O–H groups in total. The van der Waals surface area contributed by atoms with Crippen LogP contribution < -0.4 is 0 Å². The minimum Gasteiger partial charge on any atom is -0.340 e. The molecule has 0 radical (unpaired) electrons. The molecule has 0 saturated carbocycles. The predicted molar refractivity (Wildman–Crippen MR) is 116 cm³/mol. The first-order chi connectivity index (χ1) is 14.8. The minimum absolute atomic E-state index is 0.00998. The van der Waals surface area contributed by atoms with E-state index in [1.165, 1.54) is 4.31 Å². The summed E-state index contributed by atoms with van der Waals surface area (Å²) in [7, 11) is -3.55. The zero-order valence-electron chi connectivity index (χ0n) is 17.6. The van der Waals surface area contributed by atoms with Gasteiger partial charge in [0.05, 0.1) is 10.8 Å². The summed E-state index contributed by atoms with van der Waals surface area (Å²) in [6.07, 6.45) is 0.215. The Morgan fingerprint density at radius 1 is 0.968 bits per heavy atom. The van der Waals surface area contributed by atoms with E-state index in [4.69, 9.17) is 0 Å². The molecule has 2 heterocycles. The Bertz CT molecular complexity index is 1050. The molecule has 4 rings (SSSR count). The number of aryl methyl sites for hydroxylation is 1. The number of piperazine rings is 1. The van der Waals surface area contributed by atoms with E-state index >= 15 is 0 Å². The van der Waals surface area contributed by atoms with Crippen LogP contribution in [0.15, 0.2) is 59.5 Å². The zero-order valence-corrected chi connectivity index (χ0v) is 18.4. The van der Waals surface area contributed by atoms with E-state index in [0.29, 0.717) is 26.2 Å². The summed E-state index contributed by atoms with van der Waals surface area (Å²) < 4.78 is 27.0. The topological polar surface area (TPSA) is 78.0 Å². The predicted octanol–water partition coefficient (Wildman–Crippen LogP) is 1.88. The summed E-state index contributed by atoms with van der Waals surface area (Å²) in [6, 6.07) is 16.4. The molecule has 8 heteroatoms. The largest absolute Gasteiger partial charge is 0.340 e. The average molecular weight is 442 g/mol. The molecule has 0 bridgehead atoms. The first-order valence-corrected chi connectivity index (χ1v) is 12.0. The Hall–Kier alpha value is -2.71. The summed E-state index contributed by atoms with van der Waals surface area (Å²) in [5, 5.41) is 0. The van der Waals surface area contributed by atoms with Gasteiger partial charge in [-0.3, -0.25) is 9.59 Å². The van der Waals surface area contributed by atoms with E-state index in [1.807, 2.05) is 31.2 Å². The number of nitrogens with zero attached hydrogens (tertiary/aromatic N) is 3. The van der Waals surface area contributed by atoms with Crippen molar-refractivity contribution in [2.45, 2.75) is 24.8 Å². The van der Waals surface area contributed by atoms with Crippen LogP contribution in [0.2, 0.25) is 0 Å². The number of likely N-dealkylation sites (tertiary alicyclic amines) is 1. The maximum Gasteiger partial charge on any atom is 0.243 e. The van der Waals surface area contributed by atoms with Crippen molar-refractivity contribution >= 4 is 21.8 Å². The van der Waals surface area contributed by atoms with Crippen molar-refractivity contribution < 1.29 is 18.0 Å². The van der Waals surface area contributed by atoms with Crippen molar-refractivity contribution in [3.8, 4) is 0 Å². The van der Waals surface area contributed by atoms with Gasteiger partial charge in [0.1, 0.15) is 0 Å². The second-order valence-corrected chi connectivity index (χ2v) is 10.1. The zero-order chi connectivity index (χ0) is 22.0. The lowest BCUT2D eigenvalue weighted by atomic mass is 10.1. The Morgan fingerprint density at radius 3 is 2.26 bits per heavy atom. The lowest BCUT2D eigenvalue weighted by Gasteiger charge is -2.35. The van der Waals surface area contributed by atoms with Crippen molar-refractivity contribution in [3.63, 3.8) is 0 Å². The standard InChI is InChI=1S/C23H27N3O4S/c1-18-7-9-19(10-8-18)16-25-17-20(15-22(25)27)23(28)24-11-13-26(14-12-24)31(29,30)21-5-3-2-4-6-21/h2-10,20H,11-17H2,1H3/t20-/m1/s1. The fraction of sp³-hybridized carbons (Fsp3) is 0.391. The van der Waals surface area contributed by atoms with Crippen LogP contribution in [0.1, 0.15) is 17.5 Å². The highest BCUT2D eigenvalue weighted by Gasteiger charge is 2.38. The second-order valence-electron chi connectivity index (χ2n) is 8.20. The molecule has 2 saturated heterocycles. The van der Waals surface area contributed by atoms with Crippen LogP contribution in [0, 0.1) is 12.8 Å². The molecule has 0 aromatic heterocycles. The van der Waals surface area contributed by atoms with Crippen molar-refractivity contribution in [1.82, 2.24) is 14.1 Å². The van der Waals surface area contributed by atoms with Crippen molar-refractivity contribution in [1.29, 1.82) is 0 Å². The normalized spacial score (nSPS) is 20.3. The molecule has 2 aliphatic rings.